The van der Waals surface area contributed by atoms with Gasteiger partial charge in [0.2, 0.25) is 15.9 Å². The quantitative estimate of drug-likeness (QED) is 0.679. The van der Waals surface area contributed by atoms with Gasteiger partial charge >= 0.3 is 5.97 Å². The third-order valence-electron chi connectivity index (χ3n) is 5.56. The van der Waals surface area contributed by atoms with E-state index in [0.29, 0.717) is 36.1 Å². The second kappa shape index (κ2) is 9.19. The van der Waals surface area contributed by atoms with Crippen molar-refractivity contribution in [3.63, 3.8) is 0 Å². The smallest absolute Gasteiger partial charge is 0.339 e. The summed E-state index contributed by atoms with van der Waals surface area (Å²) in [5, 5.41) is 6.98. The van der Waals surface area contributed by atoms with Crippen LogP contribution in [0.5, 0.6) is 0 Å². The monoisotopic (exact) mass is 448 g/mol. The van der Waals surface area contributed by atoms with E-state index in [-0.39, 0.29) is 17.0 Å². The van der Waals surface area contributed by atoms with Crippen molar-refractivity contribution in [3.8, 4) is 0 Å². The van der Waals surface area contributed by atoms with Crippen LogP contribution in [0.15, 0.2) is 29.2 Å². The van der Waals surface area contributed by atoms with Crippen molar-refractivity contribution in [3.05, 3.63) is 41.2 Å². The SMILES string of the molecule is COC(=O)c1ccccc1NC(=O)Cn1nc(C)c(S(=O)(=O)N2CCC(C)CC2)c1C. The van der Waals surface area contributed by atoms with Gasteiger partial charge in [-0.05, 0) is 44.7 Å². The molecular formula is C21H28N4O5S. The van der Waals surface area contributed by atoms with Gasteiger partial charge in [0.25, 0.3) is 0 Å². The Hall–Kier alpha value is -2.72. The van der Waals surface area contributed by atoms with Crippen molar-refractivity contribution in [2.75, 3.05) is 25.5 Å². The van der Waals surface area contributed by atoms with Crippen LogP contribution in [0, 0.1) is 19.8 Å². The number of benzene rings is 1. The van der Waals surface area contributed by atoms with Gasteiger partial charge in [-0.2, -0.15) is 9.40 Å². The molecule has 168 valence electrons. The molecule has 1 aliphatic heterocycles. The average molecular weight is 449 g/mol. The Labute approximate surface area is 182 Å². The zero-order chi connectivity index (χ0) is 22.8. The molecule has 1 amide bonds. The summed E-state index contributed by atoms with van der Waals surface area (Å²) in [5.74, 6) is -0.489. The second-order valence-corrected chi connectivity index (χ2v) is 9.70. The molecular weight excluding hydrogens is 420 g/mol. The van der Waals surface area contributed by atoms with Gasteiger partial charge in [0, 0.05) is 13.1 Å². The van der Waals surface area contributed by atoms with E-state index < -0.39 is 21.9 Å². The lowest BCUT2D eigenvalue weighted by molar-refractivity contribution is -0.116. The van der Waals surface area contributed by atoms with E-state index in [9.17, 15) is 18.0 Å². The molecule has 0 saturated carbocycles. The maximum atomic E-state index is 13.2. The Morgan fingerprint density at radius 1 is 1.19 bits per heavy atom. The third kappa shape index (κ3) is 4.80. The Morgan fingerprint density at radius 3 is 2.48 bits per heavy atom. The first-order chi connectivity index (χ1) is 14.6. The largest absolute Gasteiger partial charge is 0.465 e. The summed E-state index contributed by atoms with van der Waals surface area (Å²) in [4.78, 5) is 24.7. The summed E-state index contributed by atoms with van der Waals surface area (Å²) in [5.41, 5.74) is 1.32. The molecule has 0 radical (unpaired) electrons. The minimum Gasteiger partial charge on any atom is -0.465 e. The topological polar surface area (TPSA) is 111 Å². The molecule has 1 aromatic carbocycles. The fourth-order valence-corrected chi connectivity index (χ4v) is 5.61. The molecule has 1 aliphatic rings. The number of anilines is 1. The number of hydrogen-bond acceptors (Lipinski definition) is 6. The fourth-order valence-electron chi connectivity index (χ4n) is 3.77. The number of sulfonamides is 1. The average Bonchev–Trinajstić information content (AvgIpc) is 3.01. The van der Waals surface area contributed by atoms with Gasteiger partial charge in [-0.15, -0.1) is 0 Å². The highest BCUT2D eigenvalue weighted by Crippen LogP contribution is 2.27. The number of nitrogens with zero attached hydrogens (tertiary/aromatic N) is 3. The van der Waals surface area contributed by atoms with Gasteiger partial charge in [0.1, 0.15) is 11.4 Å². The summed E-state index contributed by atoms with van der Waals surface area (Å²) in [6, 6.07) is 6.50. The van der Waals surface area contributed by atoms with Gasteiger partial charge in [0.15, 0.2) is 0 Å². The number of para-hydroxylation sites is 1. The Morgan fingerprint density at radius 2 is 1.84 bits per heavy atom. The number of aromatic nitrogens is 2. The zero-order valence-corrected chi connectivity index (χ0v) is 19.0. The van der Waals surface area contributed by atoms with Gasteiger partial charge in [-0.1, -0.05) is 19.1 Å². The fraction of sp³-hybridized carbons (Fsp3) is 0.476. The number of ether oxygens (including phenoxy) is 1. The summed E-state index contributed by atoms with van der Waals surface area (Å²) in [7, 11) is -2.42. The van der Waals surface area contributed by atoms with E-state index in [1.54, 1.807) is 38.1 Å². The maximum Gasteiger partial charge on any atom is 0.339 e. The van der Waals surface area contributed by atoms with E-state index in [1.807, 2.05) is 0 Å². The summed E-state index contributed by atoms with van der Waals surface area (Å²) < 4.78 is 34.0. The number of methoxy groups -OCH3 is 1. The van der Waals surface area contributed by atoms with Gasteiger partial charge in [0.05, 0.1) is 29.7 Å². The van der Waals surface area contributed by atoms with Gasteiger partial charge in [-0.25, -0.2) is 13.2 Å². The minimum absolute atomic E-state index is 0.157. The van der Waals surface area contributed by atoms with Crippen molar-refractivity contribution < 1.29 is 22.7 Å². The van der Waals surface area contributed by atoms with E-state index in [4.69, 9.17) is 4.74 Å². The first-order valence-corrected chi connectivity index (χ1v) is 11.6. The lowest BCUT2D eigenvalue weighted by Gasteiger charge is -2.29. The number of hydrogen-bond donors (Lipinski definition) is 1. The number of piperidine rings is 1. The van der Waals surface area contributed by atoms with Crippen LogP contribution in [0.1, 0.15) is 41.5 Å². The molecule has 3 rings (SSSR count). The van der Waals surface area contributed by atoms with Crippen molar-refractivity contribution in [1.29, 1.82) is 0 Å². The number of aryl methyl sites for hydroxylation is 1. The molecule has 2 heterocycles. The number of rotatable bonds is 6. The molecule has 0 bridgehead atoms. The second-order valence-electron chi connectivity index (χ2n) is 7.83. The highest BCUT2D eigenvalue weighted by atomic mass is 32.2. The van der Waals surface area contributed by atoms with Crippen molar-refractivity contribution in [1.82, 2.24) is 14.1 Å². The van der Waals surface area contributed by atoms with Gasteiger partial charge in [-0.3, -0.25) is 9.48 Å². The van der Waals surface area contributed by atoms with Crippen molar-refractivity contribution in [2.45, 2.75) is 45.1 Å². The highest BCUT2D eigenvalue weighted by molar-refractivity contribution is 7.89. The number of amides is 1. The number of esters is 1. The van der Waals surface area contributed by atoms with Crippen LogP contribution in [0.25, 0.3) is 0 Å². The van der Waals surface area contributed by atoms with E-state index >= 15 is 0 Å². The summed E-state index contributed by atoms with van der Waals surface area (Å²) in [6.07, 6.45) is 1.65. The van der Waals surface area contributed by atoms with Crippen LogP contribution in [0.3, 0.4) is 0 Å². The van der Waals surface area contributed by atoms with Crippen LogP contribution in [0.4, 0.5) is 5.69 Å². The molecule has 1 aromatic heterocycles. The standard InChI is InChI=1S/C21H28N4O5S/c1-14-9-11-24(12-10-14)31(28,29)20-15(2)23-25(16(20)3)13-19(26)22-18-8-6-5-7-17(18)21(27)30-4/h5-8,14H,9-13H2,1-4H3,(H,22,26). The lowest BCUT2D eigenvalue weighted by atomic mass is 10.0. The molecule has 10 heteroatoms. The normalized spacial score (nSPS) is 15.6. The minimum atomic E-state index is -3.68. The Balaban J connectivity index is 1.80. The van der Waals surface area contributed by atoms with Crippen LogP contribution in [0.2, 0.25) is 0 Å². The Kier molecular flexibility index (Phi) is 6.80. The Bertz CT molecular complexity index is 1090. The summed E-state index contributed by atoms with van der Waals surface area (Å²) in [6.45, 7) is 6.18. The van der Waals surface area contributed by atoms with Crippen LogP contribution in [-0.4, -0.2) is 54.6 Å². The zero-order valence-electron chi connectivity index (χ0n) is 18.2. The van der Waals surface area contributed by atoms with Crippen LogP contribution in [-0.2, 0) is 26.1 Å². The molecule has 0 aliphatic carbocycles. The molecule has 0 spiro atoms. The molecule has 1 fully saturated rings. The number of nitrogens with one attached hydrogen (secondary N) is 1. The third-order valence-corrected chi connectivity index (χ3v) is 7.71. The maximum absolute atomic E-state index is 13.2. The lowest BCUT2D eigenvalue weighted by Crippen LogP contribution is -2.38. The first kappa shape index (κ1) is 23.0. The summed E-state index contributed by atoms with van der Waals surface area (Å²) >= 11 is 0. The van der Waals surface area contributed by atoms with E-state index in [1.165, 1.54) is 16.1 Å². The van der Waals surface area contributed by atoms with E-state index in [0.717, 1.165) is 12.8 Å². The van der Waals surface area contributed by atoms with E-state index in [2.05, 4.69) is 17.3 Å². The molecule has 0 unspecified atom stereocenters. The van der Waals surface area contributed by atoms with Crippen molar-refractivity contribution >= 4 is 27.6 Å². The molecule has 1 N–H and O–H groups in total. The predicted octanol–water partition coefficient (Wildman–Crippen LogP) is 2.35. The first-order valence-electron chi connectivity index (χ1n) is 10.2. The van der Waals surface area contributed by atoms with Crippen LogP contribution >= 0.6 is 0 Å². The van der Waals surface area contributed by atoms with Gasteiger partial charge < -0.3 is 10.1 Å². The molecule has 31 heavy (non-hydrogen) atoms. The van der Waals surface area contributed by atoms with Crippen molar-refractivity contribution in [2.24, 2.45) is 5.92 Å². The number of carbonyl (C=O) groups is 2. The highest BCUT2D eigenvalue weighted by Gasteiger charge is 2.33. The molecule has 1 saturated heterocycles. The van der Waals surface area contributed by atoms with Crippen LogP contribution < -0.4 is 5.32 Å². The molecule has 9 nitrogen and oxygen atoms in total. The number of carbonyl (C=O) groups excluding carboxylic acids is 2. The predicted molar refractivity (Wildman–Crippen MR) is 115 cm³/mol. The molecule has 2 aromatic rings. The molecule has 0 atom stereocenters.